The Morgan fingerprint density at radius 2 is 2.05 bits per heavy atom. The molecule has 1 aromatic carbocycles. The molecule has 0 saturated carbocycles. The molecule has 0 saturated heterocycles. The van der Waals surface area contributed by atoms with Crippen LogP contribution in [-0.4, -0.2) is 30.8 Å². The fourth-order valence-electron chi connectivity index (χ4n) is 1.49. The lowest BCUT2D eigenvalue weighted by molar-refractivity contribution is 0.367. The maximum Gasteiger partial charge on any atom is 0.265 e. The van der Waals surface area contributed by atoms with Gasteiger partial charge < -0.3 is 14.2 Å². The first kappa shape index (κ1) is 12.9. The molecule has 0 atom stereocenters. The number of hydrogen-bond donors (Lipinski definition) is 0. The average molecular weight is 258 g/mol. The Morgan fingerprint density at radius 3 is 2.63 bits per heavy atom. The highest BCUT2D eigenvalue weighted by atomic mass is 16.5. The van der Waals surface area contributed by atoms with Crippen molar-refractivity contribution in [3.8, 4) is 11.8 Å². The molecule has 0 amide bonds. The Kier molecular flexibility index (Phi) is 3.98. The van der Waals surface area contributed by atoms with E-state index in [1.807, 2.05) is 44.4 Å². The molecule has 0 spiro atoms. The van der Waals surface area contributed by atoms with Gasteiger partial charge in [-0.05, 0) is 22.9 Å². The maximum atomic E-state index is 8.42. The zero-order valence-corrected chi connectivity index (χ0v) is 10.8. The molecule has 0 unspecified atom stereocenters. The first-order chi connectivity index (χ1) is 9.19. The minimum atomic E-state index is 0.0508. The first-order valence-electron chi connectivity index (χ1n) is 5.77. The second-order valence-corrected chi connectivity index (χ2v) is 4.15. The van der Waals surface area contributed by atoms with E-state index in [4.69, 9.17) is 14.5 Å². The van der Waals surface area contributed by atoms with E-state index < -0.39 is 0 Å². The number of anilines is 1. The van der Waals surface area contributed by atoms with Crippen molar-refractivity contribution in [2.75, 3.05) is 25.6 Å². The van der Waals surface area contributed by atoms with Gasteiger partial charge in [-0.1, -0.05) is 12.1 Å². The molecule has 1 aromatic heterocycles. The van der Waals surface area contributed by atoms with E-state index in [0.29, 0.717) is 24.0 Å². The summed E-state index contributed by atoms with van der Waals surface area (Å²) < 4.78 is 10.3. The summed E-state index contributed by atoms with van der Waals surface area (Å²) >= 11 is 0. The van der Waals surface area contributed by atoms with E-state index in [0.717, 1.165) is 5.56 Å². The van der Waals surface area contributed by atoms with Crippen molar-refractivity contribution in [1.29, 1.82) is 5.26 Å². The van der Waals surface area contributed by atoms with Crippen molar-refractivity contribution >= 4 is 5.95 Å². The van der Waals surface area contributed by atoms with Gasteiger partial charge in [0.15, 0.2) is 6.61 Å². The van der Waals surface area contributed by atoms with Gasteiger partial charge in [0.1, 0.15) is 11.8 Å². The topological polar surface area (TPSA) is 75.2 Å². The van der Waals surface area contributed by atoms with Crippen molar-refractivity contribution in [3.63, 3.8) is 0 Å². The highest BCUT2D eigenvalue weighted by Crippen LogP contribution is 2.15. The third-order valence-electron chi connectivity index (χ3n) is 2.44. The van der Waals surface area contributed by atoms with E-state index in [1.165, 1.54) is 0 Å². The van der Waals surface area contributed by atoms with Gasteiger partial charge in [-0.3, -0.25) is 0 Å². The number of ether oxygens (including phenoxy) is 1. The van der Waals surface area contributed by atoms with Crippen LogP contribution in [0, 0.1) is 11.3 Å². The third kappa shape index (κ3) is 3.45. The van der Waals surface area contributed by atoms with Crippen LogP contribution in [0.5, 0.6) is 5.75 Å². The molecule has 0 bridgehead atoms. The summed E-state index contributed by atoms with van der Waals surface area (Å²) in [6, 6.07) is 9.37. The molecule has 0 fully saturated rings. The Balaban J connectivity index is 2.00. The number of nitrogens with zero attached hydrogens (tertiary/aromatic N) is 4. The summed E-state index contributed by atoms with van der Waals surface area (Å²) in [6.45, 7) is 0.0508. The minimum Gasteiger partial charge on any atom is -0.479 e. The zero-order valence-electron chi connectivity index (χ0n) is 10.8. The lowest BCUT2D eigenvalue weighted by atomic mass is 10.1. The van der Waals surface area contributed by atoms with Gasteiger partial charge in [0.05, 0.1) is 6.42 Å². The third-order valence-corrected chi connectivity index (χ3v) is 2.44. The Bertz CT molecular complexity index is 569. The molecule has 0 aliphatic rings. The van der Waals surface area contributed by atoms with E-state index in [2.05, 4.69) is 10.1 Å². The highest BCUT2D eigenvalue weighted by Gasteiger charge is 2.08. The largest absolute Gasteiger partial charge is 0.479 e. The van der Waals surface area contributed by atoms with E-state index in [-0.39, 0.29) is 6.61 Å². The molecule has 98 valence electrons. The lowest BCUT2D eigenvalue weighted by Gasteiger charge is -2.03. The van der Waals surface area contributed by atoms with Crippen LogP contribution in [0.25, 0.3) is 0 Å². The monoisotopic (exact) mass is 258 g/mol. The molecule has 6 heteroatoms. The van der Waals surface area contributed by atoms with Crippen LogP contribution in [0.4, 0.5) is 5.95 Å². The van der Waals surface area contributed by atoms with Crippen molar-refractivity contribution in [1.82, 2.24) is 10.1 Å². The second kappa shape index (κ2) is 5.87. The van der Waals surface area contributed by atoms with Gasteiger partial charge in [0.25, 0.3) is 5.95 Å². The smallest absolute Gasteiger partial charge is 0.265 e. The summed E-state index contributed by atoms with van der Waals surface area (Å²) in [7, 11) is 3.71. The summed E-state index contributed by atoms with van der Waals surface area (Å²) in [5.41, 5.74) is 1.04. The van der Waals surface area contributed by atoms with E-state index in [9.17, 15) is 0 Å². The molecule has 19 heavy (non-hydrogen) atoms. The highest BCUT2D eigenvalue weighted by molar-refractivity contribution is 5.30. The van der Waals surface area contributed by atoms with Gasteiger partial charge in [-0.2, -0.15) is 10.2 Å². The fourth-order valence-corrected chi connectivity index (χ4v) is 1.49. The molecule has 2 aromatic rings. The Hall–Kier alpha value is -2.55. The van der Waals surface area contributed by atoms with Crippen molar-refractivity contribution < 1.29 is 9.26 Å². The van der Waals surface area contributed by atoms with Crippen LogP contribution < -0.4 is 9.64 Å². The van der Waals surface area contributed by atoms with Crippen LogP contribution >= 0.6 is 0 Å². The van der Waals surface area contributed by atoms with Crippen LogP contribution in [0.2, 0.25) is 0 Å². The molecule has 0 N–H and O–H groups in total. The molecular weight excluding hydrogens is 244 g/mol. The molecule has 2 rings (SSSR count). The second-order valence-electron chi connectivity index (χ2n) is 4.15. The molecule has 0 aliphatic heterocycles. The predicted molar refractivity (Wildman–Crippen MR) is 69.0 cm³/mol. The summed E-state index contributed by atoms with van der Waals surface area (Å²) in [5, 5.41) is 12.3. The SMILES string of the molecule is CN(C)c1noc(Cc2ccc(OCC#N)cc2)n1. The zero-order chi connectivity index (χ0) is 13.7. The van der Waals surface area contributed by atoms with Gasteiger partial charge >= 0.3 is 0 Å². The van der Waals surface area contributed by atoms with Crippen LogP contribution in [0.3, 0.4) is 0 Å². The van der Waals surface area contributed by atoms with Gasteiger partial charge in [-0.25, -0.2) is 0 Å². The van der Waals surface area contributed by atoms with Crippen molar-refractivity contribution in [2.45, 2.75) is 6.42 Å². The van der Waals surface area contributed by atoms with Crippen LogP contribution in [0.15, 0.2) is 28.8 Å². The quantitative estimate of drug-likeness (QED) is 0.811. The average Bonchev–Trinajstić information content (AvgIpc) is 2.87. The Morgan fingerprint density at radius 1 is 1.32 bits per heavy atom. The maximum absolute atomic E-state index is 8.42. The van der Waals surface area contributed by atoms with Gasteiger partial charge in [0.2, 0.25) is 5.89 Å². The van der Waals surface area contributed by atoms with Gasteiger partial charge in [0, 0.05) is 14.1 Å². The molecular formula is C13H14N4O2. The number of hydrogen-bond acceptors (Lipinski definition) is 6. The van der Waals surface area contributed by atoms with Crippen LogP contribution in [-0.2, 0) is 6.42 Å². The molecule has 0 aliphatic carbocycles. The summed E-state index contributed by atoms with van der Waals surface area (Å²) in [6.07, 6.45) is 0.569. The fraction of sp³-hybridized carbons (Fsp3) is 0.308. The van der Waals surface area contributed by atoms with Gasteiger partial charge in [-0.15, -0.1) is 0 Å². The number of nitriles is 1. The van der Waals surface area contributed by atoms with E-state index in [1.54, 1.807) is 4.90 Å². The number of benzene rings is 1. The lowest BCUT2D eigenvalue weighted by Crippen LogP contribution is -2.10. The first-order valence-corrected chi connectivity index (χ1v) is 5.77. The Labute approximate surface area is 111 Å². The van der Waals surface area contributed by atoms with Crippen molar-refractivity contribution in [3.05, 3.63) is 35.7 Å². The van der Waals surface area contributed by atoms with E-state index >= 15 is 0 Å². The molecule has 6 nitrogen and oxygen atoms in total. The number of rotatable bonds is 5. The minimum absolute atomic E-state index is 0.0508. The normalized spacial score (nSPS) is 9.95. The number of aromatic nitrogens is 2. The van der Waals surface area contributed by atoms with Crippen molar-refractivity contribution in [2.24, 2.45) is 0 Å². The molecule has 1 heterocycles. The summed E-state index contributed by atoms with van der Waals surface area (Å²) in [5.74, 6) is 1.79. The van der Waals surface area contributed by atoms with Crippen LogP contribution in [0.1, 0.15) is 11.5 Å². The predicted octanol–water partition coefficient (Wildman–Crippen LogP) is 1.63. The standard InChI is InChI=1S/C13H14N4O2/c1-17(2)13-15-12(19-16-13)9-10-3-5-11(6-4-10)18-8-7-14/h3-6H,8-9H2,1-2H3. The molecule has 0 radical (unpaired) electrons. The summed E-state index contributed by atoms with van der Waals surface area (Å²) in [4.78, 5) is 6.03.